The lowest BCUT2D eigenvalue weighted by Gasteiger charge is -2.45. The Labute approximate surface area is 252 Å². The molecule has 2 aliphatic heterocycles. The molecule has 0 saturated carbocycles. The zero-order valence-corrected chi connectivity index (χ0v) is 23.4. The lowest BCUT2D eigenvalue weighted by molar-refractivity contribution is -0.358. The fourth-order valence-electron chi connectivity index (χ4n) is 5.10. The first kappa shape index (κ1) is 32.6. The van der Waals surface area contributed by atoms with E-state index < -0.39 is 108 Å². The Bertz CT molecular complexity index is 1570. The summed E-state index contributed by atoms with van der Waals surface area (Å²) in [4.78, 5) is 13.0. The molecule has 5 rings (SSSR count). The maximum Gasteiger partial charge on any atom is 0.229 e. The van der Waals surface area contributed by atoms with Crippen molar-refractivity contribution in [2.45, 2.75) is 61.4 Å². The Hall–Kier alpha value is -3.75. The number of aliphatic hydroxyl groups excluding tert-OH is 7. The normalized spacial score (nSPS) is 32.0. The summed E-state index contributed by atoms with van der Waals surface area (Å²) in [6.45, 7) is -1.62. The molecule has 45 heavy (non-hydrogen) atoms. The van der Waals surface area contributed by atoms with E-state index in [4.69, 9.17) is 28.1 Å². The van der Waals surface area contributed by atoms with Crippen LogP contribution >= 0.6 is 0 Å². The SMILES string of the molecule is COc1cc(-c2cc(=O)c3c(O)cc(O[C@@H]4OC(CO)[C@@H](O)[C@H](O)C4O[C@@H]4OC(CO)[C@@H](O)[C@H](O)C4O)c(O)c3o2)ccc1O. The van der Waals surface area contributed by atoms with Gasteiger partial charge in [-0.1, -0.05) is 0 Å². The monoisotopic (exact) mass is 640 g/mol. The third-order valence-electron chi connectivity index (χ3n) is 7.59. The molecule has 3 heterocycles. The summed E-state index contributed by atoms with van der Waals surface area (Å²) in [6, 6.07) is 5.90. The first-order chi connectivity index (χ1) is 21.4. The van der Waals surface area contributed by atoms with Crippen molar-refractivity contribution in [3.05, 3.63) is 40.6 Å². The second-order valence-corrected chi connectivity index (χ2v) is 10.4. The van der Waals surface area contributed by atoms with Crippen LogP contribution in [0, 0.1) is 0 Å². The van der Waals surface area contributed by atoms with Crippen LogP contribution < -0.4 is 14.9 Å². The Kier molecular flexibility index (Phi) is 9.38. The second kappa shape index (κ2) is 12.9. The number of phenolic OH excluding ortho intramolecular Hbond substituents is 3. The van der Waals surface area contributed by atoms with Crippen molar-refractivity contribution in [1.82, 2.24) is 0 Å². The molecule has 17 nitrogen and oxygen atoms in total. The number of hydrogen-bond acceptors (Lipinski definition) is 17. The smallest absolute Gasteiger partial charge is 0.229 e. The number of fused-ring (bicyclic) bond motifs is 1. The van der Waals surface area contributed by atoms with Gasteiger partial charge >= 0.3 is 0 Å². The summed E-state index contributed by atoms with van der Waals surface area (Å²) in [7, 11) is 1.31. The highest BCUT2D eigenvalue weighted by atomic mass is 16.8. The van der Waals surface area contributed by atoms with Crippen LogP contribution in [-0.4, -0.2) is 133 Å². The van der Waals surface area contributed by atoms with Gasteiger partial charge in [0, 0.05) is 17.7 Å². The number of aromatic hydroxyl groups is 3. The highest BCUT2D eigenvalue weighted by Gasteiger charge is 2.51. The van der Waals surface area contributed by atoms with Crippen molar-refractivity contribution < 1.29 is 79.2 Å². The summed E-state index contributed by atoms with van der Waals surface area (Å²) in [6.07, 6.45) is -17.5. The molecule has 246 valence electrons. The number of ether oxygens (including phenoxy) is 5. The van der Waals surface area contributed by atoms with Gasteiger partial charge in [-0.25, -0.2) is 0 Å². The fourth-order valence-corrected chi connectivity index (χ4v) is 5.10. The first-order valence-electron chi connectivity index (χ1n) is 13.5. The molecule has 0 bridgehead atoms. The number of methoxy groups -OCH3 is 1. The Morgan fingerprint density at radius 2 is 1.40 bits per heavy atom. The third kappa shape index (κ3) is 5.98. The van der Waals surface area contributed by atoms with E-state index in [0.29, 0.717) is 0 Å². The minimum atomic E-state index is -1.92. The summed E-state index contributed by atoms with van der Waals surface area (Å²) in [5, 5.41) is 102. The van der Waals surface area contributed by atoms with Crippen LogP contribution in [0.15, 0.2) is 39.5 Å². The second-order valence-electron chi connectivity index (χ2n) is 10.4. The number of benzene rings is 2. The van der Waals surface area contributed by atoms with Gasteiger partial charge < -0.3 is 79.2 Å². The van der Waals surface area contributed by atoms with Crippen LogP contribution in [0.4, 0.5) is 0 Å². The lowest BCUT2D eigenvalue weighted by Crippen LogP contribution is -2.65. The van der Waals surface area contributed by atoms with Crippen molar-refractivity contribution in [2.75, 3.05) is 20.3 Å². The molecule has 2 aliphatic rings. The van der Waals surface area contributed by atoms with Gasteiger partial charge in [-0.05, 0) is 18.2 Å². The topological polar surface area (TPSA) is 279 Å². The molecule has 2 aromatic carbocycles. The fraction of sp³-hybridized carbons (Fsp3) is 0.464. The molecule has 0 spiro atoms. The quantitative estimate of drug-likeness (QED) is 0.115. The number of phenols is 3. The zero-order valence-electron chi connectivity index (χ0n) is 23.4. The first-order valence-corrected chi connectivity index (χ1v) is 13.5. The van der Waals surface area contributed by atoms with Crippen molar-refractivity contribution in [3.8, 4) is 40.1 Å². The minimum absolute atomic E-state index is 0.0541. The highest BCUT2D eigenvalue weighted by Crippen LogP contribution is 2.42. The van der Waals surface area contributed by atoms with Gasteiger partial charge in [-0.3, -0.25) is 4.79 Å². The van der Waals surface area contributed by atoms with Crippen molar-refractivity contribution >= 4 is 11.0 Å². The molecule has 10 N–H and O–H groups in total. The Balaban J connectivity index is 1.52. The predicted molar refractivity (Wildman–Crippen MR) is 146 cm³/mol. The summed E-state index contributed by atoms with van der Waals surface area (Å²) in [5.74, 6) is -2.36. The van der Waals surface area contributed by atoms with Crippen LogP contribution in [0.3, 0.4) is 0 Å². The van der Waals surface area contributed by atoms with Gasteiger partial charge in [0.15, 0.2) is 40.7 Å². The van der Waals surface area contributed by atoms with Gasteiger partial charge in [0.05, 0.1) is 20.3 Å². The summed E-state index contributed by atoms with van der Waals surface area (Å²) < 4.78 is 33.0. The molecule has 2 fully saturated rings. The Morgan fingerprint density at radius 3 is 2.04 bits per heavy atom. The van der Waals surface area contributed by atoms with E-state index in [1.807, 2.05) is 0 Å². The largest absolute Gasteiger partial charge is 0.507 e. The van der Waals surface area contributed by atoms with E-state index in [1.54, 1.807) is 0 Å². The van der Waals surface area contributed by atoms with Crippen LogP contribution in [0.2, 0.25) is 0 Å². The number of rotatable bonds is 8. The maximum atomic E-state index is 13.0. The average molecular weight is 641 g/mol. The van der Waals surface area contributed by atoms with E-state index in [2.05, 4.69) is 0 Å². The molecule has 17 heteroatoms. The van der Waals surface area contributed by atoms with E-state index in [9.17, 15) is 55.9 Å². The van der Waals surface area contributed by atoms with E-state index in [0.717, 1.165) is 12.1 Å². The van der Waals surface area contributed by atoms with Crippen molar-refractivity contribution in [1.29, 1.82) is 0 Å². The van der Waals surface area contributed by atoms with E-state index in [1.165, 1.54) is 25.3 Å². The molecule has 2 saturated heterocycles. The van der Waals surface area contributed by atoms with Crippen LogP contribution in [0.5, 0.6) is 28.7 Å². The molecule has 4 unspecified atom stereocenters. The van der Waals surface area contributed by atoms with Crippen LogP contribution in [0.25, 0.3) is 22.3 Å². The van der Waals surface area contributed by atoms with Gasteiger partial charge in [0.25, 0.3) is 0 Å². The van der Waals surface area contributed by atoms with Crippen molar-refractivity contribution in [3.63, 3.8) is 0 Å². The van der Waals surface area contributed by atoms with Gasteiger partial charge in [-0.2, -0.15) is 0 Å². The number of aliphatic hydroxyl groups is 7. The van der Waals surface area contributed by atoms with Crippen molar-refractivity contribution in [2.24, 2.45) is 0 Å². The lowest BCUT2D eigenvalue weighted by atomic mass is 9.97. The summed E-state index contributed by atoms with van der Waals surface area (Å²) >= 11 is 0. The number of hydrogen-bond donors (Lipinski definition) is 10. The predicted octanol–water partition coefficient (Wildman–Crippen LogP) is -2.41. The molecular weight excluding hydrogens is 608 g/mol. The minimum Gasteiger partial charge on any atom is -0.507 e. The molecule has 1 aromatic heterocycles. The Morgan fingerprint density at radius 1 is 0.756 bits per heavy atom. The van der Waals surface area contributed by atoms with E-state index >= 15 is 0 Å². The molecule has 3 aromatic rings. The maximum absolute atomic E-state index is 13.0. The molecule has 0 aliphatic carbocycles. The van der Waals surface area contributed by atoms with Crippen LogP contribution in [-0.2, 0) is 14.2 Å². The standard InChI is InChI=1S/C28H32O17/c1-40-14-4-9(2-3-10(14)31)13-5-11(32)18-12(33)6-15(21(36)25(18)41-13)42-28-26(23(38)20(35)17(8-30)44-28)45-27-24(39)22(37)19(34)16(7-29)43-27/h2-6,16-17,19-20,22-24,26-31,33-39H,7-8H2,1H3/t16?,17?,19-,20-,22+,23+,24?,26?,27+,28-/m1/s1. The summed E-state index contributed by atoms with van der Waals surface area (Å²) in [5.41, 5.74) is -1.06. The van der Waals surface area contributed by atoms with Gasteiger partial charge in [0.2, 0.25) is 12.0 Å². The van der Waals surface area contributed by atoms with Gasteiger partial charge in [0.1, 0.15) is 59.6 Å². The molecule has 0 radical (unpaired) electrons. The molecular formula is C28H32O17. The van der Waals surface area contributed by atoms with Gasteiger partial charge in [-0.15, -0.1) is 0 Å². The highest BCUT2D eigenvalue weighted by molar-refractivity contribution is 5.91. The van der Waals surface area contributed by atoms with Crippen LogP contribution in [0.1, 0.15) is 0 Å². The molecule has 10 atom stereocenters. The van der Waals surface area contributed by atoms with E-state index in [-0.39, 0.29) is 22.8 Å². The third-order valence-corrected chi connectivity index (χ3v) is 7.59. The molecule has 0 amide bonds. The zero-order chi connectivity index (χ0) is 32.7. The average Bonchev–Trinajstić information content (AvgIpc) is 3.02.